The molecule has 0 spiro atoms. The molecule has 41 heavy (non-hydrogen) atoms. The van der Waals surface area contributed by atoms with Gasteiger partial charge in [-0.1, -0.05) is 117 Å². The van der Waals surface area contributed by atoms with Gasteiger partial charge in [-0.25, -0.2) is 4.99 Å². The Hall–Kier alpha value is -4.96. The molecule has 4 nitrogen and oxygen atoms in total. The number of para-hydroxylation sites is 1. The van der Waals surface area contributed by atoms with Crippen molar-refractivity contribution in [1.29, 1.82) is 0 Å². The Bertz CT molecular complexity index is 2100. The summed E-state index contributed by atoms with van der Waals surface area (Å²) in [5, 5.41) is 2.50. The van der Waals surface area contributed by atoms with Gasteiger partial charge in [0, 0.05) is 27.3 Å². The summed E-state index contributed by atoms with van der Waals surface area (Å²) in [5.74, 6) is 1.71. The van der Waals surface area contributed by atoms with Crippen LogP contribution in [0.3, 0.4) is 0 Å². The fraction of sp³-hybridized carbons (Fsp3) is 0.135. The molecule has 0 saturated carbocycles. The molecule has 9 rings (SSSR count). The normalized spacial score (nSPS) is 19.9. The van der Waals surface area contributed by atoms with Crippen LogP contribution in [-0.2, 0) is 11.1 Å². The largest absolute Gasteiger partial charge is 0.307 e. The van der Waals surface area contributed by atoms with Crippen LogP contribution in [0.25, 0.3) is 32.9 Å². The van der Waals surface area contributed by atoms with Crippen LogP contribution >= 0.6 is 0 Å². The molecular formula is C37H28N4. The third-order valence-electron chi connectivity index (χ3n) is 9.30. The number of fused-ring (bicyclic) bond motifs is 7. The smallest absolute Gasteiger partial charge is 0.215 e. The third-order valence-corrected chi connectivity index (χ3v) is 9.30. The molecule has 1 aliphatic carbocycles. The van der Waals surface area contributed by atoms with E-state index in [1.807, 2.05) is 6.07 Å². The van der Waals surface area contributed by atoms with Crippen LogP contribution in [0.1, 0.15) is 36.1 Å². The SMILES string of the molecule is CC1(C)c2ccccc2-c2cc3c4ccccc4n(C4=NC(c5ccccc5)=NC5(c6ccccc6)CN45)c3cc21. The van der Waals surface area contributed by atoms with Crippen LogP contribution in [0.2, 0.25) is 0 Å². The second-order valence-electron chi connectivity index (χ2n) is 11.9. The Labute approximate surface area is 238 Å². The summed E-state index contributed by atoms with van der Waals surface area (Å²) >= 11 is 0. The number of hydrogen-bond donors (Lipinski definition) is 0. The monoisotopic (exact) mass is 528 g/mol. The summed E-state index contributed by atoms with van der Waals surface area (Å²) in [6.45, 7) is 5.49. The first kappa shape index (κ1) is 22.8. The van der Waals surface area contributed by atoms with Crippen LogP contribution in [0.15, 0.2) is 131 Å². The molecule has 1 atom stereocenters. The van der Waals surface area contributed by atoms with Crippen molar-refractivity contribution in [2.24, 2.45) is 9.98 Å². The lowest BCUT2D eigenvalue weighted by Gasteiger charge is -2.24. The lowest BCUT2D eigenvalue weighted by Crippen LogP contribution is -2.32. The molecule has 1 fully saturated rings. The summed E-state index contributed by atoms with van der Waals surface area (Å²) in [6, 6.07) is 43.5. The number of hydrogen-bond acceptors (Lipinski definition) is 3. The van der Waals surface area contributed by atoms with Gasteiger partial charge in [-0.15, -0.1) is 0 Å². The minimum absolute atomic E-state index is 0.0832. The maximum atomic E-state index is 5.31. The van der Waals surface area contributed by atoms with E-state index >= 15 is 0 Å². The van der Waals surface area contributed by atoms with Gasteiger partial charge in [0.15, 0.2) is 11.5 Å². The molecule has 3 heterocycles. The van der Waals surface area contributed by atoms with E-state index in [0.717, 1.165) is 23.9 Å². The maximum absolute atomic E-state index is 5.31. The number of aromatic nitrogens is 1. The molecule has 5 aromatic carbocycles. The molecule has 1 aromatic heterocycles. The second-order valence-corrected chi connectivity index (χ2v) is 11.9. The topological polar surface area (TPSA) is 32.7 Å². The van der Waals surface area contributed by atoms with Gasteiger partial charge in [0.05, 0.1) is 17.6 Å². The highest BCUT2D eigenvalue weighted by Gasteiger charge is 2.58. The Balaban J connectivity index is 1.34. The Morgan fingerprint density at radius 1 is 0.634 bits per heavy atom. The number of benzene rings is 5. The second kappa shape index (κ2) is 7.82. The van der Waals surface area contributed by atoms with Crippen molar-refractivity contribution >= 4 is 33.6 Å². The van der Waals surface area contributed by atoms with Crippen molar-refractivity contribution in [2.45, 2.75) is 24.9 Å². The zero-order valence-electron chi connectivity index (χ0n) is 23.0. The lowest BCUT2D eigenvalue weighted by atomic mass is 9.82. The van der Waals surface area contributed by atoms with Crippen molar-refractivity contribution in [2.75, 3.05) is 6.54 Å². The fourth-order valence-electron chi connectivity index (χ4n) is 7.15. The predicted octanol–water partition coefficient (Wildman–Crippen LogP) is 7.93. The van der Waals surface area contributed by atoms with Crippen LogP contribution in [0.4, 0.5) is 0 Å². The molecule has 1 saturated heterocycles. The van der Waals surface area contributed by atoms with Crippen molar-refractivity contribution in [3.63, 3.8) is 0 Å². The number of rotatable bonds is 2. The minimum atomic E-state index is -0.451. The fourth-order valence-corrected chi connectivity index (χ4v) is 7.15. The van der Waals surface area contributed by atoms with Gasteiger partial charge in [-0.3, -0.25) is 4.57 Å². The average Bonchev–Trinajstić information content (AvgIpc) is 3.64. The van der Waals surface area contributed by atoms with E-state index in [0.29, 0.717) is 0 Å². The van der Waals surface area contributed by atoms with E-state index in [1.165, 1.54) is 49.6 Å². The van der Waals surface area contributed by atoms with Gasteiger partial charge in [-0.2, -0.15) is 4.99 Å². The summed E-state index contributed by atoms with van der Waals surface area (Å²) < 4.78 is 2.38. The molecule has 3 aliphatic rings. The van der Waals surface area contributed by atoms with Crippen LogP contribution < -0.4 is 0 Å². The number of aliphatic imine (C=N–C) groups is 2. The summed E-state index contributed by atoms with van der Waals surface area (Å²) in [6.07, 6.45) is 0. The minimum Gasteiger partial charge on any atom is -0.307 e. The molecule has 2 aliphatic heterocycles. The van der Waals surface area contributed by atoms with E-state index in [2.05, 4.69) is 139 Å². The number of amidine groups is 1. The highest BCUT2D eigenvalue weighted by atomic mass is 15.6. The van der Waals surface area contributed by atoms with Crippen LogP contribution in [0.5, 0.6) is 0 Å². The first-order valence-electron chi connectivity index (χ1n) is 14.3. The standard InChI is InChI=1S/C37H28N4/c1-36(2)30-19-11-9-17-26(30)28-21-29-27-18-10-12-20-32(27)41(33(29)22-31(28)36)35-38-34(24-13-5-3-6-14-24)39-37(23-40(35)37)25-15-7-4-8-16-25/h3-22H,23H2,1-2H3. The molecule has 196 valence electrons. The zero-order valence-corrected chi connectivity index (χ0v) is 23.0. The molecule has 0 bridgehead atoms. The molecule has 4 heteroatoms. The van der Waals surface area contributed by atoms with Crippen molar-refractivity contribution in [3.05, 3.63) is 144 Å². The lowest BCUT2D eigenvalue weighted by molar-refractivity contribution is 0.551. The van der Waals surface area contributed by atoms with Crippen LogP contribution in [-0.4, -0.2) is 27.8 Å². The van der Waals surface area contributed by atoms with Gasteiger partial charge in [0.1, 0.15) is 0 Å². The Morgan fingerprint density at radius 2 is 1.34 bits per heavy atom. The molecule has 6 aromatic rings. The predicted molar refractivity (Wildman–Crippen MR) is 168 cm³/mol. The highest BCUT2D eigenvalue weighted by molar-refractivity contribution is 6.18. The molecule has 0 amide bonds. The molecule has 0 radical (unpaired) electrons. The van der Waals surface area contributed by atoms with E-state index in [9.17, 15) is 0 Å². The number of nitrogens with zero attached hydrogens (tertiary/aromatic N) is 4. The Morgan fingerprint density at radius 3 is 2.17 bits per heavy atom. The Kier molecular flexibility index (Phi) is 4.35. The molecule has 0 N–H and O–H groups in total. The first-order chi connectivity index (χ1) is 20.1. The van der Waals surface area contributed by atoms with Gasteiger partial charge >= 0.3 is 0 Å². The van der Waals surface area contributed by atoms with E-state index in [-0.39, 0.29) is 5.41 Å². The van der Waals surface area contributed by atoms with Gasteiger partial charge in [0.25, 0.3) is 0 Å². The van der Waals surface area contributed by atoms with Crippen molar-refractivity contribution in [3.8, 4) is 11.1 Å². The van der Waals surface area contributed by atoms with Gasteiger partial charge in [0.2, 0.25) is 5.96 Å². The van der Waals surface area contributed by atoms with E-state index in [4.69, 9.17) is 9.98 Å². The highest BCUT2D eigenvalue weighted by Crippen LogP contribution is 2.52. The zero-order chi connectivity index (χ0) is 27.3. The van der Waals surface area contributed by atoms with E-state index < -0.39 is 5.66 Å². The van der Waals surface area contributed by atoms with Gasteiger partial charge < -0.3 is 4.90 Å². The van der Waals surface area contributed by atoms with Crippen molar-refractivity contribution in [1.82, 2.24) is 9.47 Å². The first-order valence-corrected chi connectivity index (χ1v) is 14.3. The molecular weight excluding hydrogens is 500 g/mol. The quantitative estimate of drug-likeness (QED) is 0.210. The third kappa shape index (κ3) is 2.99. The maximum Gasteiger partial charge on any atom is 0.215 e. The molecule has 1 unspecified atom stereocenters. The van der Waals surface area contributed by atoms with Crippen molar-refractivity contribution < 1.29 is 0 Å². The van der Waals surface area contributed by atoms with Crippen LogP contribution in [0, 0.1) is 0 Å². The summed E-state index contributed by atoms with van der Waals surface area (Å²) in [4.78, 5) is 13.0. The van der Waals surface area contributed by atoms with E-state index in [1.54, 1.807) is 0 Å². The summed E-state index contributed by atoms with van der Waals surface area (Å²) in [7, 11) is 0. The van der Waals surface area contributed by atoms with Gasteiger partial charge in [-0.05, 0) is 40.5 Å². The average molecular weight is 529 g/mol. The summed E-state index contributed by atoms with van der Waals surface area (Å²) in [5.41, 5.74) is 9.48.